The summed E-state index contributed by atoms with van der Waals surface area (Å²) in [7, 11) is 0. The smallest absolute Gasteiger partial charge is 0.306 e. The summed E-state index contributed by atoms with van der Waals surface area (Å²) in [6.45, 7) is 6.38. The first-order valence-electron chi connectivity index (χ1n) is 27.6. The van der Waals surface area contributed by atoms with Gasteiger partial charge in [0.15, 0.2) is 6.10 Å². The van der Waals surface area contributed by atoms with Crippen molar-refractivity contribution in [3.8, 4) is 0 Å². The Labute approximate surface area is 407 Å². The molecule has 6 nitrogen and oxygen atoms in total. The minimum Gasteiger partial charge on any atom is -0.462 e. The highest BCUT2D eigenvalue weighted by Crippen LogP contribution is 2.16. The molecule has 0 aliphatic carbocycles. The van der Waals surface area contributed by atoms with Gasteiger partial charge in [-0.3, -0.25) is 14.4 Å². The number of hydrogen-bond acceptors (Lipinski definition) is 6. The van der Waals surface area contributed by atoms with E-state index in [1.807, 2.05) is 18.2 Å². The standard InChI is InChI=1S/C60H102O6/c1-4-7-10-13-16-19-22-25-28-29-30-31-33-35-38-41-44-47-50-53-59(62)65-56-57(55-64-58(61)52-49-46-43-40-37-34-27-24-21-18-15-12-9-6-3)66-60(63)54-51-48-45-42-39-36-32-26-23-20-17-14-11-8-5-2/h7-8,10-11,14,16-17,19-20,23,25-26,28,32,57H,4-6,9,12-13,15,18,21-22,24,27,29-31,33-56H2,1-3H3/b10-7-,11-8-,17-14-,19-16-,23-20-,28-25-,32-26-. The second-order valence-corrected chi connectivity index (χ2v) is 18.2. The first kappa shape index (κ1) is 62.6. The molecule has 0 saturated carbocycles. The number of unbranched alkanes of at least 4 members (excludes halogenated alkanes) is 27. The maximum absolute atomic E-state index is 12.8. The third-order valence-electron chi connectivity index (χ3n) is 11.7. The molecule has 66 heavy (non-hydrogen) atoms. The average molecular weight is 919 g/mol. The molecule has 0 aliphatic rings. The van der Waals surface area contributed by atoms with E-state index in [1.165, 1.54) is 116 Å². The lowest BCUT2D eigenvalue weighted by molar-refractivity contribution is -0.167. The monoisotopic (exact) mass is 919 g/mol. The Balaban J connectivity index is 4.40. The molecule has 0 bridgehead atoms. The summed E-state index contributed by atoms with van der Waals surface area (Å²) in [6, 6.07) is 0. The highest BCUT2D eigenvalue weighted by molar-refractivity contribution is 5.71. The van der Waals surface area contributed by atoms with Gasteiger partial charge < -0.3 is 14.2 Å². The van der Waals surface area contributed by atoms with Crippen molar-refractivity contribution in [2.45, 2.75) is 264 Å². The van der Waals surface area contributed by atoms with Crippen LogP contribution in [0.3, 0.4) is 0 Å². The van der Waals surface area contributed by atoms with E-state index in [0.717, 1.165) is 103 Å². The fourth-order valence-corrected chi connectivity index (χ4v) is 7.64. The quantitative estimate of drug-likeness (QED) is 0.0199. The molecule has 0 aromatic rings. The van der Waals surface area contributed by atoms with Crippen LogP contribution in [0.2, 0.25) is 0 Å². The number of rotatable bonds is 49. The largest absolute Gasteiger partial charge is 0.462 e. The van der Waals surface area contributed by atoms with Crippen LogP contribution in [0, 0.1) is 0 Å². The molecule has 0 amide bonds. The van der Waals surface area contributed by atoms with E-state index in [4.69, 9.17) is 14.2 Å². The molecule has 0 aromatic carbocycles. The Morgan fingerprint density at radius 1 is 0.333 bits per heavy atom. The number of esters is 3. The van der Waals surface area contributed by atoms with E-state index in [1.54, 1.807) is 0 Å². The molecule has 0 aliphatic heterocycles. The molecular formula is C60H102O6. The van der Waals surface area contributed by atoms with Crippen LogP contribution < -0.4 is 0 Å². The van der Waals surface area contributed by atoms with Gasteiger partial charge in [-0.05, 0) is 70.6 Å². The van der Waals surface area contributed by atoms with Crippen molar-refractivity contribution >= 4 is 17.9 Å². The van der Waals surface area contributed by atoms with Crippen molar-refractivity contribution in [1.82, 2.24) is 0 Å². The lowest BCUT2D eigenvalue weighted by Gasteiger charge is -2.18. The van der Waals surface area contributed by atoms with Gasteiger partial charge in [0.2, 0.25) is 0 Å². The van der Waals surface area contributed by atoms with E-state index in [2.05, 4.69) is 87.6 Å². The molecule has 0 radical (unpaired) electrons. The van der Waals surface area contributed by atoms with Gasteiger partial charge in [0.1, 0.15) is 13.2 Å². The second-order valence-electron chi connectivity index (χ2n) is 18.2. The van der Waals surface area contributed by atoms with Crippen LogP contribution in [0.15, 0.2) is 85.1 Å². The van der Waals surface area contributed by atoms with Crippen molar-refractivity contribution in [1.29, 1.82) is 0 Å². The zero-order valence-electron chi connectivity index (χ0n) is 43.2. The fraction of sp³-hybridized carbons (Fsp3) is 0.717. The van der Waals surface area contributed by atoms with Crippen LogP contribution in [0.5, 0.6) is 0 Å². The van der Waals surface area contributed by atoms with Gasteiger partial charge >= 0.3 is 17.9 Å². The molecule has 6 heteroatoms. The van der Waals surface area contributed by atoms with Crippen molar-refractivity contribution in [3.63, 3.8) is 0 Å². The Morgan fingerprint density at radius 3 is 1.11 bits per heavy atom. The molecular weight excluding hydrogens is 817 g/mol. The van der Waals surface area contributed by atoms with Crippen LogP contribution >= 0.6 is 0 Å². The maximum Gasteiger partial charge on any atom is 0.306 e. The lowest BCUT2D eigenvalue weighted by atomic mass is 10.0. The predicted octanol–water partition coefficient (Wildman–Crippen LogP) is 18.4. The van der Waals surface area contributed by atoms with E-state index in [0.29, 0.717) is 19.3 Å². The van der Waals surface area contributed by atoms with Gasteiger partial charge in [-0.15, -0.1) is 0 Å². The van der Waals surface area contributed by atoms with Crippen LogP contribution in [-0.4, -0.2) is 37.2 Å². The summed E-state index contributed by atoms with van der Waals surface area (Å²) in [4.78, 5) is 38.1. The van der Waals surface area contributed by atoms with Crippen LogP contribution in [0.25, 0.3) is 0 Å². The van der Waals surface area contributed by atoms with Gasteiger partial charge in [-0.25, -0.2) is 0 Å². The summed E-state index contributed by atoms with van der Waals surface area (Å²) in [5.74, 6) is -0.910. The Bertz CT molecular complexity index is 1290. The third kappa shape index (κ3) is 51.6. The summed E-state index contributed by atoms with van der Waals surface area (Å²) in [5.41, 5.74) is 0. The molecule has 0 fully saturated rings. The summed E-state index contributed by atoms with van der Waals surface area (Å²) in [6.07, 6.45) is 69.9. The molecule has 1 unspecified atom stereocenters. The second kappa shape index (κ2) is 54.2. The van der Waals surface area contributed by atoms with Gasteiger partial charge in [-0.2, -0.15) is 0 Å². The molecule has 0 heterocycles. The molecule has 0 saturated heterocycles. The zero-order chi connectivity index (χ0) is 47.9. The lowest BCUT2D eigenvalue weighted by Crippen LogP contribution is -2.30. The summed E-state index contributed by atoms with van der Waals surface area (Å²) in [5, 5.41) is 0. The Kier molecular flexibility index (Phi) is 51.4. The number of ether oxygens (including phenoxy) is 3. The SMILES string of the molecule is CC\C=C/C=C\C=C/C=C\CCCCCCCC(=O)OC(COC(=O)CCCCCCCCCCC/C=C\C/C=C\C/C=C\CC)COC(=O)CCCCCCCCCCCCCCCC. The maximum atomic E-state index is 12.8. The van der Waals surface area contributed by atoms with Crippen molar-refractivity contribution < 1.29 is 28.6 Å². The van der Waals surface area contributed by atoms with Crippen LogP contribution in [-0.2, 0) is 28.6 Å². The molecule has 1 atom stereocenters. The number of carbonyl (C=O) groups is 3. The van der Waals surface area contributed by atoms with Gasteiger partial charge in [0.05, 0.1) is 0 Å². The topological polar surface area (TPSA) is 78.9 Å². The van der Waals surface area contributed by atoms with E-state index in [9.17, 15) is 14.4 Å². The van der Waals surface area contributed by atoms with Gasteiger partial charge in [0, 0.05) is 19.3 Å². The third-order valence-corrected chi connectivity index (χ3v) is 11.7. The van der Waals surface area contributed by atoms with Crippen LogP contribution in [0.1, 0.15) is 258 Å². The summed E-state index contributed by atoms with van der Waals surface area (Å²) >= 11 is 0. The first-order valence-corrected chi connectivity index (χ1v) is 27.6. The van der Waals surface area contributed by atoms with E-state index >= 15 is 0 Å². The van der Waals surface area contributed by atoms with E-state index < -0.39 is 6.10 Å². The molecule has 0 N–H and O–H groups in total. The molecule has 0 rings (SSSR count). The van der Waals surface area contributed by atoms with Crippen molar-refractivity contribution in [2.24, 2.45) is 0 Å². The van der Waals surface area contributed by atoms with Crippen molar-refractivity contribution in [3.05, 3.63) is 85.1 Å². The van der Waals surface area contributed by atoms with Crippen LogP contribution in [0.4, 0.5) is 0 Å². The highest BCUT2D eigenvalue weighted by atomic mass is 16.6. The zero-order valence-corrected chi connectivity index (χ0v) is 43.2. The highest BCUT2D eigenvalue weighted by Gasteiger charge is 2.19. The minimum atomic E-state index is -0.790. The van der Waals surface area contributed by atoms with Gasteiger partial charge in [0.25, 0.3) is 0 Å². The number of carbonyl (C=O) groups excluding carboxylic acids is 3. The predicted molar refractivity (Wildman–Crippen MR) is 284 cm³/mol. The normalized spacial score (nSPS) is 12.7. The van der Waals surface area contributed by atoms with Gasteiger partial charge in [-0.1, -0.05) is 254 Å². The van der Waals surface area contributed by atoms with Crippen molar-refractivity contribution in [2.75, 3.05) is 13.2 Å². The Morgan fingerprint density at radius 2 is 0.667 bits per heavy atom. The molecule has 378 valence electrons. The van der Waals surface area contributed by atoms with E-state index in [-0.39, 0.29) is 31.1 Å². The summed E-state index contributed by atoms with van der Waals surface area (Å²) < 4.78 is 16.8. The minimum absolute atomic E-state index is 0.0862. The number of allylic oxidation sites excluding steroid dienone is 14. The molecule has 0 aromatic heterocycles. The molecule has 0 spiro atoms. The fourth-order valence-electron chi connectivity index (χ4n) is 7.64. The number of hydrogen-bond donors (Lipinski definition) is 0. The average Bonchev–Trinajstić information content (AvgIpc) is 3.31. The first-order chi connectivity index (χ1) is 32.5. The Hall–Kier alpha value is -3.41.